The quantitative estimate of drug-likeness (QED) is 0.802. The van der Waals surface area contributed by atoms with Crippen LogP contribution in [0.3, 0.4) is 0 Å². The molecule has 3 aromatic rings. The lowest BCUT2D eigenvalue weighted by Crippen LogP contribution is -1.99. The molecular formula is C15H14ClFN2O. The summed E-state index contributed by atoms with van der Waals surface area (Å²) in [7, 11) is 0. The van der Waals surface area contributed by atoms with Gasteiger partial charge in [-0.1, -0.05) is 12.1 Å². The number of hydrogen-bond donors (Lipinski definition) is 1. The van der Waals surface area contributed by atoms with Gasteiger partial charge < -0.3 is 9.67 Å². The van der Waals surface area contributed by atoms with Gasteiger partial charge in [0.1, 0.15) is 11.6 Å². The number of imidazole rings is 1. The van der Waals surface area contributed by atoms with Gasteiger partial charge in [-0.3, -0.25) is 0 Å². The van der Waals surface area contributed by atoms with E-state index >= 15 is 0 Å². The molecule has 0 saturated carbocycles. The molecule has 0 radical (unpaired) electrons. The van der Waals surface area contributed by atoms with Crippen molar-refractivity contribution in [3.63, 3.8) is 0 Å². The van der Waals surface area contributed by atoms with E-state index in [-0.39, 0.29) is 24.0 Å². The van der Waals surface area contributed by atoms with E-state index in [4.69, 9.17) is 0 Å². The Morgan fingerprint density at radius 2 is 1.85 bits per heavy atom. The number of phenols is 1. The zero-order chi connectivity index (χ0) is 13.2. The van der Waals surface area contributed by atoms with E-state index in [1.54, 1.807) is 24.5 Å². The Hall–Kier alpha value is -2.07. The first-order valence-corrected chi connectivity index (χ1v) is 6.11. The largest absolute Gasteiger partial charge is 0.508 e. The summed E-state index contributed by atoms with van der Waals surface area (Å²) in [6.07, 6.45) is 2.56. The lowest BCUT2D eigenvalue weighted by molar-refractivity contribution is 0.475. The Kier molecular flexibility index (Phi) is 4.25. The van der Waals surface area contributed by atoms with Gasteiger partial charge in [0.05, 0.1) is 17.4 Å². The van der Waals surface area contributed by atoms with Gasteiger partial charge in [0.25, 0.3) is 0 Å². The molecule has 2 aromatic carbocycles. The summed E-state index contributed by atoms with van der Waals surface area (Å²) >= 11 is 0. The molecule has 0 saturated heterocycles. The fourth-order valence-electron chi connectivity index (χ4n) is 2.13. The second kappa shape index (κ2) is 5.92. The molecule has 20 heavy (non-hydrogen) atoms. The minimum atomic E-state index is -0.267. The molecule has 3 nitrogen and oxygen atoms in total. The molecule has 104 valence electrons. The van der Waals surface area contributed by atoms with Crippen LogP contribution in [0.2, 0.25) is 0 Å². The van der Waals surface area contributed by atoms with E-state index in [2.05, 4.69) is 4.98 Å². The monoisotopic (exact) mass is 292 g/mol. The highest BCUT2D eigenvalue weighted by atomic mass is 35.5. The van der Waals surface area contributed by atoms with Crippen LogP contribution in [0.1, 0.15) is 5.56 Å². The number of rotatable bonds is 3. The number of fused-ring (bicyclic) bond motifs is 1. The number of phenolic OH excluding ortho intramolecular Hbond substituents is 1. The molecule has 5 heteroatoms. The van der Waals surface area contributed by atoms with Gasteiger partial charge in [0, 0.05) is 12.6 Å². The average molecular weight is 293 g/mol. The Morgan fingerprint density at radius 3 is 2.60 bits per heavy atom. The van der Waals surface area contributed by atoms with Crippen molar-refractivity contribution in [2.75, 3.05) is 0 Å². The van der Waals surface area contributed by atoms with Crippen molar-refractivity contribution in [3.05, 3.63) is 60.2 Å². The van der Waals surface area contributed by atoms with Gasteiger partial charge in [-0.15, -0.1) is 12.4 Å². The fourth-order valence-corrected chi connectivity index (χ4v) is 2.13. The Morgan fingerprint density at radius 1 is 1.10 bits per heavy atom. The lowest BCUT2D eigenvalue weighted by Gasteiger charge is -2.05. The van der Waals surface area contributed by atoms with E-state index < -0.39 is 0 Å². The molecule has 0 amide bonds. The van der Waals surface area contributed by atoms with Crippen LogP contribution in [0.5, 0.6) is 5.75 Å². The Bertz CT molecular complexity index is 709. The zero-order valence-electron chi connectivity index (χ0n) is 10.7. The van der Waals surface area contributed by atoms with Crippen molar-refractivity contribution in [1.82, 2.24) is 9.55 Å². The van der Waals surface area contributed by atoms with Crippen LogP contribution >= 0.6 is 12.4 Å². The predicted molar refractivity (Wildman–Crippen MR) is 78.7 cm³/mol. The van der Waals surface area contributed by atoms with Gasteiger partial charge >= 0.3 is 0 Å². The van der Waals surface area contributed by atoms with Crippen molar-refractivity contribution in [1.29, 1.82) is 0 Å². The molecule has 1 aromatic heterocycles. The molecule has 0 fully saturated rings. The number of aryl methyl sites for hydroxylation is 2. The zero-order valence-corrected chi connectivity index (χ0v) is 11.5. The van der Waals surface area contributed by atoms with Crippen molar-refractivity contribution in [2.24, 2.45) is 0 Å². The van der Waals surface area contributed by atoms with Crippen molar-refractivity contribution < 1.29 is 9.50 Å². The van der Waals surface area contributed by atoms with E-state index in [0.29, 0.717) is 5.52 Å². The van der Waals surface area contributed by atoms with E-state index in [1.807, 2.05) is 16.7 Å². The van der Waals surface area contributed by atoms with Crippen LogP contribution < -0.4 is 0 Å². The molecule has 0 bridgehead atoms. The van der Waals surface area contributed by atoms with E-state index in [0.717, 1.165) is 24.0 Å². The van der Waals surface area contributed by atoms with Crippen LogP contribution in [-0.4, -0.2) is 14.7 Å². The number of hydrogen-bond acceptors (Lipinski definition) is 2. The van der Waals surface area contributed by atoms with Crippen molar-refractivity contribution in [3.8, 4) is 5.75 Å². The van der Waals surface area contributed by atoms with Crippen molar-refractivity contribution in [2.45, 2.75) is 13.0 Å². The third kappa shape index (κ3) is 2.91. The summed E-state index contributed by atoms with van der Waals surface area (Å²) in [4.78, 5) is 4.19. The second-order valence-corrected chi connectivity index (χ2v) is 4.49. The van der Waals surface area contributed by atoms with Crippen LogP contribution in [0, 0.1) is 5.82 Å². The van der Waals surface area contributed by atoms with Crippen LogP contribution in [0.25, 0.3) is 11.0 Å². The summed E-state index contributed by atoms with van der Waals surface area (Å²) in [5.41, 5.74) is 2.74. The van der Waals surface area contributed by atoms with Gasteiger partial charge in [-0.25, -0.2) is 9.37 Å². The predicted octanol–water partition coefficient (Wildman–Crippen LogP) is 3.55. The number of halogens is 2. The molecule has 0 aliphatic rings. The Balaban J connectivity index is 0.00000147. The highest BCUT2D eigenvalue weighted by Crippen LogP contribution is 2.16. The summed E-state index contributed by atoms with van der Waals surface area (Å²) in [5.74, 6) is 0.00332. The first-order valence-electron chi connectivity index (χ1n) is 6.11. The third-order valence-electron chi connectivity index (χ3n) is 3.16. The summed E-state index contributed by atoms with van der Waals surface area (Å²) in [5, 5.41) is 9.23. The molecule has 1 N–H and O–H groups in total. The topological polar surface area (TPSA) is 38.0 Å². The lowest BCUT2D eigenvalue weighted by atomic mass is 10.1. The molecule has 0 spiro atoms. The van der Waals surface area contributed by atoms with Gasteiger partial charge in [0.2, 0.25) is 0 Å². The van der Waals surface area contributed by atoms with Gasteiger partial charge in [0.15, 0.2) is 0 Å². The standard InChI is InChI=1S/C15H13FN2O.ClH/c16-12-3-6-15-14(9-12)17-10-18(15)8-7-11-1-4-13(19)5-2-11;/h1-6,9-10,19H,7-8H2;1H. The number of aromatic nitrogens is 2. The fraction of sp³-hybridized carbons (Fsp3) is 0.133. The first-order chi connectivity index (χ1) is 9.22. The van der Waals surface area contributed by atoms with Gasteiger partial charge in [-0.2, -0.15) is 0 Å². The summed E-state index contributed by atoms with van der Waals surface area (Å²) < 4.78 is 15.1. The summed E-state index contributed by atoms with van der Waals surface area (Å²) in [6, 6.07) is 11.8. The van der Waals surface area contributed by atoms with Crippen molar-refractivity contribution >= 4 is 23.4 Å². The highest BCUT2D eigenvalue weighted by molar-refractivity contribution is 5.85. The normalized spacial score (nSPS) is 10.4. The molecule has 0 aliphatic heterocycles. The van der Waals surface area contributed by atoms with Crippen LogP contribution in [0.4, 0.5) is 4.39 Å². The third-order valence-corrected chi connectivity index (χ3v) is 3.16. The summed E-state index contributed by atoms with van der Waals surface area (Å²) in [6.45, 7) is 0.771. The first kappa shape index (κ1) is 14.3. The van der Waals surface area contributed by atoms with Gasteiger partial charge in [-0.05, 0) is 36.2 Å². The minimum Gasteiger partial charge on any atom is -0.508 e. The SMILES string of the molecule is Cl.Oc1ccc(CCn2cnc3cc(F)ccc32)cc1. The second-order valence-electron chi connectivity index (χ2n) is 4.49. The maximum Gasteiger partial charge on any atom is 0.125 e. The maximum atomic E-state index is 13.1. The van der Waals surface area contributed by atoms with Crippen LogP contribution in [-0.2, 0) is 13.0 Å². The molecule has 1 heterocycles. The number of benzene rings is 2. The smallest absolute Gasteiger partial charge is 0.125 e. The molecule has 0 aliphatic carbocycles. The molecule has 0 unspecified atom stereocenters. The molecular weight excluding hydrogens is 279 g/mol. The van der Waals surface area contributed by atoms with Crippen LogP contribution in [0.15, 0.2) is 48.8 Å². The minimum absolute atomic E-state index is 0. The number of nitrogens with zero attached hydrogens (tertiary/aromatic N) is 2. The Labute approximate surface area is 122 Å². The maximum absolute atomic E-state index is 13.1. The molecule has 3 rings (SSSR count). The molecule has 0 atom stereocenters. The highest BCUT2D eigenvalue weighted by Gasteiger charge is 2.03. The van der Waals surface area contributed by atoms with E-state index in [1.165, 1.54) is 12.1 Å². The van der Waals surface area contributed by atoms with E-state index in [9.17, 15) is 9.50 Å². The number of aromatic hydroxyl groups is 1. The average Bonchev–Trinajstić information content (AvgIpc) is 2.80.